The van der Waals surface area contributed by atoms with Gasteiger partial charge in [-0.3, -0.25) is 15.5 Å². The molecule has 0 aliphatic carbocycles. The summed E-state index contributed by atoms with van der Waals surface area (Å²) in [5.74, 6) is 0. The lowest BCUT2D eigenvalue weighted by molar-refractivity contribution is 0.112. The maximum absolute atomic E-state index is 10.9. The second-order valence-electron chi connectivity index (χ2n) is 3.46. The van der Waals surface area contributed by atoms with E-state index in [9.17, 15) is 4.79 Å². The van der Waals surface area contributed by atoms with Crippen molar-refractivity contribution in [2.45, 2.75) is 6.54 Å². The molecule has 0 radical (unpaired) electrons. The van der Waals surface area contributed by atoms with Crippen LogP contribution in [-0.4, -0.2) is 27.8 Å². The fourth-order valence-electron chi connectivity index (χ4n) is 1.78. The summed E-state index contributed by atoms with van der Waals surface area (Å²) in [4.78, 5) is 10.9. The first kappa shape index (κ1) is 10.7. The highest BCUT2D eigenvalue weighted by atomic mass is 16.5. The third-order valence-corrected chi connectivity index (χ3v) is 2.51. The van der Waals surface area contributed by atoms with E-state index in [4.69, 9.17) is 10.3 Å². The van der Waals surface area contributed by atoms with E-state index in [2.05, 4.69) is 5.48 Å². The molecule has 0 bridgehead atoms. The highest BCUT2D eigenvalue weighted by molar-refractivity contribution is 5.98. The van der Waals surface area contributed by atoms with Crippen LogP contribution >= 0.6 is 0 Å². The van der Waals surface area contributed by atoms with E-state index in [-0.39, 0.29) is 6.61 Å². The SMILES string of the molecule is O=Cc1cn(CCO)c2cc(NO)ccc12. The van der Waals surface area contributed by atoms with Gasteiger partial charge < -0.3 is 9.67 Å². The molecule has 16 heavy (non-hydrogen) atoms. The zero-order valence-electron chi connectivity index (χ0n) is 8.55. The van der Waals surface area contributed by atoms with E-state index in [0.717, 1.165) is 17.2 Å². The molecule has 0 atom stereocenters. The lowest BCUT2D eigenvalue weighted by atomic mass is 10.2. The molecule has 1 heterocycles. The summed E-state index contributed by atoms with van der Waals surface area (Å²) >= 11 is 0. The molecule has 0 unspecified atom stereocenters. The van der Waals surface area contributed by atoms with Crippen molar-refractivity contribution < 1.29 is 15.1 Å². The number of benzene rings is 1. The number of carbonyl (C=O) groups excluding carboxylic acids is 1. The number of aldehydes is 1. The molecule has 0 aliphatic heterocycles. The summed E-state index contributed by atoms with van der Waals surface area (Å²) < 4.78 is 1.78. The van der Waals surface area contributed by atoms with Crippen molar-refractivity contribution in [3.05, 3.63) is 30.0 Å². The average molecular weight is 220 g/mol. The van der Waals surface area contributed by atoms with Gasteiger partial charge in [-0.05, 0) is 18.2 Å². The number of hydrogen-bond acceptors (Lipinski definition) is 4. The summed E-state index contributed by atoms with van der Waals surface area (Å²) in [5, 5.41) is 18.5. The second kappa shape index (κ2) is 4.34. The Balaban J connectivity index is 2.65. The fourth-order valence-corrected chi connectivity index (χ4v) is 1.78. The smallest absolute Gasteiger partial charge is 0.152 e. The first-order valence-corrected chi connectivity index (χ1v) is 4.89. The molecule has 1 aromatic carbocycles. The zero-order valence-corrected chi connectivity index (χ0v) is 8.55. The number of fused-ring (bicyclic) bond motifs is 1. The van der Waals surface area contributed by atoms with Crippen molar-refractivity contribution in [1.82, 2.24) is 4.57 Å². The van der Waals surface area contributed by atoms with Crippen molar-refractivity contribution in [3.63, 3.8) is 0 Å². The van der Waals surface area contributed by atoms with Gasteiger partial charge in [-0.25, -0.2) is 0 Å². The molecule has 0 aliphatic rings. The fraction of sp³-hybridized carbons (Fsp3) is 0.182. The van der Waals surface area contributed by atoms with Crippen LogP contribution in [0.5, 0.6) is 0 Å². The summed E-state index contributed by atoms with van der Waals surface area (Å²) in [6.07, 6.45) is 2.47. The van der Waals surface area contributed by atoms with Gasteiger partial charge in [0.05, 0.1) is 17.8 Å². The normalized spacial score (nSPS) is 10.6. The minimum atomic E-state index is -0.00113. The molecule has 5 nitrogen and oxygen atoms in total. The van der Waals surface area contributed by atoms with Crippen molar-refractivity contribution in [2.75, 3.05) is 12.1 Å². The van der Waals surface area contributed by atoms with Crippen LogP contribution in [0.15, 0.2) is 24.4 Å². The Morgan fingerprint density at radius 1 is 1.44 bits per heavy atom. The number of aliphatic hydroxyl groups is 1. The van der Waals surface area contributed by atoms with Gasteiger partial charge in [-0.15, -0.1) is 0 Å². The van der Waals surface area contributed by atoms with Gasteiger partial charge in [0.15, 0.2) is 6.29 Å². The van der Waals surface area contributed by atoms with E-state index in [1.807, 2.05) is 0 Å². The Labute approximate surface area is 91.9 Å². The lowest BCUT2D eigenvalue weighted by Crippen LogP contribution is -2.00. The van der Waals surface area contributed by atoms with Crippen LogP contribution in [0.3, 0.4) is 0 Å². The van der Waals surface area contributed by atoms with Gasteiger partial charge in [-0.1, -0.05) is 0 Å². The van der Waals surface area contributed by atoms with E-state index >= 15 is 0 Å². The van der Waals surface area contributed by atoms with Gasteiger partial charge in [0.2, 0.25) is 0 Å². The van der Waals surface area contributed by atoms with Crippen molar-refractivity contribution >= 4 is 22.9 Å². The molecular formula is C11H12N2O3. The molecule has 0 saturated heterocycles. The van der Waals surface area contributed by atoms with E-state index in [0.29, 0.717) is 17.8 Å². The minimum absolute atomic E-state index is 0.00113. The molecule has 0 spiro atoms. The number of nitrogens with one attached hydrogen (secondary N) is 1. The summed E-state index contributed by atoms with van der Waals surface area (Å²) in [5.41, 5.74) is 3.97. The Hall–Kier alpha value is -1.85. The largest absolute Gasteiger partial charge is 0.395 e. The number of anilines is 1. The molecule has 2 rings (SSSR count). The monoisotopic (exact) mass is 220 g/mol. The Morgan fingerprint density at radius 2 is 2.25 bits per heavy atom. The zero-order chi connectivity index (χ0) is 11.5. The van der Waals surface area contributed by atoms with Gasteiger partial charge in [-0.2, -0.15) is 0 Å². The summed E-state index contributed by atoms with van der Waals surface area (Å²) in [6, 6.07) is 5.15. The van der Waals surface area contributed by atoms with Crippen molar-refractivity contribution in [2.24, 2.45) is 0 Å². The molecule has 84 valence electrons. The summed E-state index contributed by atoms with van der Waals surface area (Å²) in [6.45, 7) is 0.415. The number of carbonyl (C=O) groups is 1. The second-order valence-corrected chi connectivity index (χ2v) is 3.46. The number of aliphatic hydroxyl groups excluding tert-OH is 1. The van der Waals surface area contributed by atoms with Crippen molar-refractivity contribution in [3.8, 4) is 0 Å². The molecule has 0 amide bonds. The predicted octanol–water partition coefficient (Wildman–Crippen LogP) is 1.25. The average Bonchev–Trinajstić information content (AvgIpc) is 2.67. The molecule has 3 N–H and O–H groups in total. The van der Waals surface area contributed by atoms with Gasteiger partial charge in [0.1, 0.15) is 0 Å². The summed E-state index contributed by atoms with van der Waals surface area (Å²) in [7, 11) is 0. The van der Waals surface area contributed by atoms with Gasteiger partial charge >= 0.3 is 0 Å². The Bertz CT molecular complexity index is 519. The number of aromatic nitrogens is 1. The number of rotatable bonds is 4. The molecule has 2 aromatic rings. The Kier molecular flexibility index (Phi) is 2.89. The van der Waals surface area contributed by atoms with Crippen LogP contribution in [0.4, 0.5) is 5.69 Å². The number of hydrogen-bond donors (Lipinski definition) is 3. The first-order chi connectivity index (χ1) is 7.80. The minimum Gasteiger partial charge on any atom is -0.395 e. The topological polar surface area (TPSA) is 74.5 Å². The van der Waals surface area contributed by atoms with Crippen LogP contribution in [0.25, 0.3) is 10.9 Å². The standard InChI is InChI=1S/C11H12N2O3/c14-4-3-13-6-8(7-15)10-2-1-9(12-16)5-11(10)13/h1-2,5-7,12,14,16H,3-4H2. The third kappa shape index (κ3) is 1.66. The van der Waals surface area contributed by atoms with Crippen LogP contribution in [0.2, 0.25) is 0 Å². The van der Waals surface area contributed by atoms with Crippen LogP contribution < -0.4 is 5.48 Å². The van der Waals surface area contributed by atoms with E-state index in [1.54, 1.807) is 29.0 Å². The van der Waals surface area contributed by atoms with E-state index < -0.39 is 0 Å². The molecule has 0 saturated carbocycles. The third-order valence-electron chi connectivity index (χ3n) is 2.51. The molecule has 0 fully saturated rings. The highest BCUT2D eigenvalue weighted by Crippen LogP contribution is 2.23. The highest BCUT2D eigenvalue weighted by Gasteiger charge is 2.08. The predicted molar refractivity (Wildman–Crippen MR) is 59.8 cm³/mol. The molecule has 1 aromatic heterocycles. The first-order valence-electron chi connectivity index (χ1n) is 4.89. The van der Waals surface area contributed by atoms with Gasteiger partial charge in [0.25, 0.3) is 0 Å². The maximum Gasteiger partial charge on any atom is 0.152 e. The number of nitrogens with zero attached hydrogens (tertiary/aromatic N) is 1. The van der Waals surface area contributed by atoms with Crippen LogP contribution in [0, 0.1) is 0 Å². The maximum atomic E-state index is 10.9. The van der Waals surface area contributed by atoms with E-state index in [1.165, 1.54) is 0 Å². The molecular weight excluding hydrogens is 208 g/mol. The quantitative estimate of drug-likeness (QED) is 0.535. The molecule has 5 heteroatoms. The van der Waals surface area contributed by atoms with Crippen molar-refractivity contribution in [1.29, 1.82) is 0 Å². The van der Waals surface area contributed by atoms with Crippen LogP contribution in [0.1, 0.15) is 10.4 Å². The Morgan fingerprint density at radius 3 is 2.88 bits per heavy atom. The van der Waals surface area contributed by atoms with Crippen LogP contribution in [-0.2, 0) is 6.54 Å². The van der Waals surface area contributed by atoms with Gasteiger partial charge in [0, 0.05) is 23.7 Å². The lowest BCUT2D eigenvalue weighted by Gasteiger charge is -2.03.